The van der Waals surface area contributed by atoms with Gasteiger partial charge in [-0.25, -0.2) is 0 Å². The minimum atomic E-state index is -0.993. The average molecular weight is 517 g/mol. The first-order valence-corrected chi connectivity index (χ1v) is 15.8. The summed E-state index contributed by atoms with van der Waals surface area (Å²) in [5.74, 6) is -0.378. The smallest absolute Gasteiger partial charge is 0.305 e. The third kappa shape index (κ3) is 7.28. The molecule has 0 heterocycles. The summed E-state index contributed by atoms with van der Waals surface area (Å²) < 4.78 is 5.70. The second kappa shape index (κ2) is 13.8. The number of esters is 1. The number of unbranched alkanes of at least 4 members (excludes halogenated alkanes) is 14. The van der Waals surface area contributed by atoms with Gasteiger partial charge in [-0.3, -0.25) is 9.59 Å². The first-order chi connectivity index (χ1) is 17.7. The van der Waals surface area contributed by atoms with Crippen LogP contribution in [0.4, 0.5) is 0 Å². The fraction of sp³-hybridized carbons (Fsp3) is 0.879. The maximum Gasteiger partial charge on any atom is 0.305 e. The van der Waals surface area contributed by atoms with Gasteiger partial charge < -0.3 is 9.84 Å². The highest BCUT2D eigenvalue weighted by molar-refractivity contribution is 6.00. The highest BCUT2D eigenvalue weighted by Crippen LogP contribution is 2.67. The average Bonchev–Trinajstić information content (AvgIpc) is 3.15. The summed E-state index contributed by atoms with van der Waals surface area (Å²) in [4.78, 5) is 25.4. The molecule has 4 atom stereocenters. The number of Topliss-reactive ketones (excluding diaryl/α,β-unsaturated/α-hetero) is 1. The van der Waals surface area contributed by atoms with Gasteiger partial charge in [-0.15, -0.1) is 0 Å². The fourth-order valence-corrected chi connectivity index (χ4v) is 7.59. The van der Waals surface area contributed by atoms with Crippen molar-refractivity contribution < 1.29 is 19.4 Å². The predicted molar refractivity (Wildman–Crippen MR) is 151 cm³/mol. The zero-order valence-electron chi connectivity index (χ0n) is 24.6. The third-order valence-electron chi connectivity index (χ3n) is 10.2. The van der Waals surface area contributed by atoms with Crippen LogP contribution >= 0.6 is 0 Å². The summed E-state index contributed by atoms with van der Waals surface area (Å²) in [7, 11) is 0. The molecule has 0 aromatic carbocycles. The first-order valence-electron chi connectivity index (χ1n) is 15.8. The predicted octanol–water partition coefficient (Wildman–Crippen LogP) is 8.64. The topological polar surface area (TPSA) is 63.6 Å². The van der Waals surface area contributed by atoms with E-state index >= 15 is 0 Å². The zero-order valence-corrected chi connectivity index (χ0v) is 24.6. The molecule has 37 heavy (non-hydrogen) atoms. The second-order valence-electron chi connectivity index (χ2n) is 13.3. The summed E-state index contributed by atoms with van der Waals surface area (Å²) in [6.45, 7) is 8.72. The van der Waals surface area contributed by atoms with E-state index in [9.17, 15) is 14.7 Å². The van der Waals surface area contributed by atoms with Crippen LogP contribution in [0.5, 0.6) is 0 Å². The number of aliphatic hydroxyl groups is 1. The van der Waals surface area contributed by atoms with Crippen LogP contribution in [0.1, 0.15) is 156 Å². The number of fused-ring (bicyclic) bond motifs is 3. The van der Waals surface area contributed by atoms with E-state index in [2.05, 4.69) is 20.8 Å². The van der Waals surface area contributed by atoms with Crippen molar-refractivity contribution in [1.29, 1.82) is 0 Å². The van der Waals surface area contributed by atoms with Crippen LogP contribution in [-0.4, -0.2) is 29.1 Å². The third-order valence-corrected chi connectivity index (χ3v) is 10.2. The Morgan fingerprint density at radius 3 is 1.89 bits per heavy atom. The molecule has 0 unspecified atom stereocenters. The Bertz CT molecular complexity index is 800. The summed E-state index contributed by atoms with van der Waals surface area (Å²) in [5, 5.41) is 11.7. The Morgan fingerprint density at radius 1 is 0.892 bits per heavy atom. The van der Waals surface area contributed by atoms with Crippen molar-refractivity contribution in [2.24, 2.45) is 16.7 Å². The highest BCUT2D eigenvalue weighted by atomic mass is 16.5. The van der Waals surface area contributed by atoms with E-state index in [1.165, 1.54) is 83.5 Å². The van der Waals surface area contributed by atoms with Gasteiger partial charge in [0.05, 0.1) is 18.1 Å². The molecule has 0 aromatic heterocycles. The number of allylic oxidation sites excluding steroid dienone is 1. The molecule has 0 bridgehead atoms. The number of ether oxygens (including phenoxy) is 1. The van der Waals surface area contributed by atoms with Gasteiger partial charge in [0, 0.05) is 17.3 Å². The molecular weight excluding hydrogens is 460 g/mol. The van der Waals surface area contributed by atoms with Gasteiger partial charge in [0.15, 0.2) is 5.78 Å². The van der Waals surface area contributed by atoms with E-state index in [-0.39, 0.29) is 28.5 Å². The van der Waals surface area contributed by atoms with Crippen molar-refractivity contribution >= 4 is 11.8 Å². The Labute approximate surface area is 227 Å². The lowest BCUT2D eigenvalue weighted by molar-refractivity contribution is -0.153. The molecule has 0 aliphatic heterocycles. The SMILES string of the molecule is CCCCCCCCCCCCCCCCCC(=O)OC[C@]1(C)C[C@H]2C(=O)C(C)=C3CC[C@]3(C)[C@@]2(O)C1. The van der Waals surface area contributed by atoms with Crippen molar-refractivity contribution in [1.82, 2.24) is 0 Å². The normalized spacial score (nSPS) is 30.7. The molecule has 1 N–H and O–H groups in total. The van der Waals surface area contributed by atoms with E-state index in [4.69, 9.17) is 4.74 Å². The van der Waals surface area contributed by atoms with Crippen LogP contribution in [0.25, 0.3) is 0 Å². The molecule has 3 aliphatic rings. The molecule has 212 valence electrons. The van der Waals surface area contributed by atoms with Gasteiger partial charge in [0.1, 0.15) is 0 Å². The van der Waals surface area contributed by atoms with E-state index in [0.29, 0.717) is 25.9 Å². The maximum absolute atomic E-state index is 13.0. The molecule has 0 aromatic rings. The van der Waals surface area contributed by atoms with Crippen LogP contribution < -0.4 is 0 Å². The molecule has 3 rings (SSSR count). The number of hydrogen-bond acceptors (Lipinski definition) is 4. The molecule has 2 saturated carbocycles. The molecule has 0 saturated heterocycles. The quantitative estimate of drug-likeness (QED) is 0.146. The summed E-state index contributed by atoms with van der Waals surface area (Å²) in [6.07, 6.45) is 23.2. The minimum Gasteiger partial charge on any atom is -0.465 e. The van der Waals surface area contributed by atoms with E-state index < -0.39 is 5.60 Å². The standard InChI is InChI=1S/C33H56O4/c1-5-6-7-8-9-10-11-12-13-14-15-16-17-18-19-20-29(34)37-25-31(3)23-28-30(35)26(2)27-21-22-32(27,4)33(28,36)24-31/h28,36H,5-25H2,1-4H3/t28-,31+,32-,33+/m0/s1. The van der Waals surface area contributed by atoms with Gasteiger partial charge in [0.25, 0.3) is 0 Å². The molecule has 4 nitrogen and oxygen atoms in total. The van der Waals surface area contributed by atoms with Crippen molar-refractivity contribution in [3.8, 4) is 0 Å². The van der Waals surface area contributed by atoms with Crippen LogP contribution in [0, 0.1) is 16.7 Å². The number of hydrogen-bond donors (Lipinski definition) is 1. The Morgan fingerprint density at radius 2 is 1.41 bits per heavy atom. The zero-order chi connectivity index (χ0) is 26.9. The molecular formula is C33H56O4. The Hall–Kier alpha value is -1.16. The Kier molecular flexibility index (Phi) is 11.3. The summed E-state index contributed by atoms with van der Waals surface area (Å²) in [5.41, 5.74) is 0.412. The van der Waals surface area contributed by atoms with Gasteiger partial charge in [-0.2, -0.15) is 0 Å². The highest BCUT2D eigenvalue weighted by Gasteiger charge is 2.68. The minimum absolute atomic E-state index is 0.113. The summed E-state index contributed by atoms with van der Waals surface area (Å²) >= 11 is 0. The fourth-order valence-electron chi connectivity index (χ4n) is 7.59. The maximum atomic E-state index is 13.0. The molecule has 2 fully saturated rings. The van der Waals surface area contributed by atoms with E-state index in [1.54, 1.807) is 0 Å². The van der Waals surface area contributed by atoms with Crippen LogP contribution in [-0.2, 0) is 14.3 Å². The summed E-state index contributed by atoms with van der Waals surface area (Å²) in [6, 6.07) is 0. The van der Waals surface area contributed by atoms with Crippen LogP contribution in [0.2, 0.25) is 0 Å². The van der Waals surface area contributed by atoms with Crippen molar-refractivity contribution in [3.63, 3.8) is 0 Å². The molecule has 4 heteroatoms. The lowest BCUT2D eigenvalue weighted by atomic mass is 9.49. The van der Waals surface area contributed by atoms with E-state index in [0.717, 1.165) is 36.8 Å². The molecule has 3 aliphatic carbocycles. The number of carbonyl (C=O) groups is 2. The first kappa shape index (κ1) is 30.4. The number of carbonyl (C=O) groups excluding carboxylic acids is 2. The van der Waals surface area contributed by atoms with Crippen LogP contribution in [0.3, 0.4) is 0 Å². The lowest BCUT2D eigenvalue weighted by Gasteiger charge is -2.57. The molecule has 0 spiro atoms. The van der Waals surface area contributed by atoms with Crippen molar-refractivity contribution in [2.75, 3.05) is 6.61 Å². The van der Waals surface area contributed by atoms with Gasteiger partial charge in [-0.05, 0) is 44.6 Å². The van der Waals surface area contributed by atoms with Crippen molar-refractivity contribution in [3.05, 3.63) is 11.1 Å². The van der Waals surface area contributed by atoms with Gasteiger partial charge in [0.2, 0.25) is 0 Å². The lowest BCUT2D eigenvalue weighted by Crippen LogP contribution is -2.60. The monoisotopic (exact) mass is 516 g/mol. The molecule has 0 amide bonds. The number of rotatable bonds is 18. The second-order valence-corrected chi connectivity index (χ2v) is 13.3. The van der Waals surface area contributed by atoms with E-state index in [1.807, 2.05) is 6.92 Å². The van der Waals surface area contributed by atoms with Gasteiger partial charge in [-0.1, -0.05) is 116 Å². The molecule has 0 radical (unpaired) electrons. The van der Waals surface area contributed by atoms with Crippen LogP contribution in [0.15, 0.2) is 11.1 Å². The largest absolute Gasteiger partial charge is 0.465 e. The van der Waals surface area contributed by atoms with Crippen molar-refractivity contribution in [2.45, 2.75) is 162 Å². The number of ketones is 1. The van der Waals surface area contributed by atoms with Gasteiger partial charge >= 0.3 is 5.97 Å². The Balaban J connectivity index is 1.21.